The highest BCUT2D eigenvalue weighted by Gasteiger charge is 2.41. The molecule has 4 rings (SSSR count). The molecule has 0 N–H and O–H groups in total. The first-order valence-corrected chi connectivity index (χ1v) is 7.93. The Kier molecular flexibility index (Phi) is 3.06. The standard InChI is InChI=1S/C16H19N3O3/c20-14-6-5-13(19-8-1-3-12(14)19)16(22)17-9-11(10-17)18-7-2-4-15(18)21/h1,3,8,11,13H,2,4-7,9-10H2. The zero-order valence-electron chi connectivity index (χ0n) is 12.4. The van der Waals surface area contributed by atoms with Crippen molar-refractivity contribution in [2.24, 2.45) is 0 Å². The number of amides is 2. The van der Waals surface area contributed by atoms with Crippen LogP contribution >= 0.6 is 0 Å². The Morgan fingerprint density at radius 1 is 1.18 bits per heavy atom. The second-order valence-corrected chi connectivity index (χ2v) is 6.37. The van der Waals surface area contributed by atoms with E-state index in [2.05, 4.69) is 0 Å². The summed E-state index contributed by atoms with van der Waals surface area (Å²) < 4.78 is 1.81. The summed E-state index contributed by atoms with van der Waals surface area (Å²) in [6.45, 7) is 2.09. The van der Waals surface area contributed by atoms with Gasteiger partial charge in [-0.15, -0.1) is 0 Å². The molecule has 22 heavy (non-hydrogen) atoms. The summed E-state index contributed by atoms with van der Waals surface area (Å²) in [4.78, 5) is 40.0. The van der Waals surface area contributed by atoms with E-state index in [-0.39, 0.29) is 29.7 Å². The summed E-state index contributed by atoms with van der Waals surface area (Å²) >= 11 is 0. The molecule has 2 fully saturated rings. The van der Waals surface area contributed by atoms with E-state index in [4.69, 9.17) is 0 Å². The Morgan fingerprint density at radius 2 is 2.00 bits per heavy atom. The highest BCUT2D eigenvalue weighted by molar-refractivity contribution is 5.97. The summed E-state index contributed by atoms with van der Waals surface area (Å²) in [6.07, 6.45) is 4.39. The third-order valence-corrected chi connectivity index (χ3v) is 5.06. The van der Waals surface area contributed by atoms with E-state index in [1.807, 2.05) is 26.6 Å². The van der Waals surface area contributed by atoms with E-state index in [9.17, 15) is 14.4 Å². The SMILES string of the molecule is O=C1CCC(C(=O)N2CC(N3CCCC3=O)C2)n2cccc21. The molecule has 0 aliphatic carbocycles. The first-order valence-electron chi connectivity index (χ1n) is 7.93. The predicted octanol–water partition coefficient (Wildman–Crippen LogP) is 0.839. The molecule has 2 amide bonds. The van der Waals surface area contributed by atoms with Crippen LogP contribution in [-0.4, -0.2) is 57.6 Å². The van der Waals surface area contributed by atoms with Gasteiger partial charge in [-0.3, -0.25) is 14.4 Å². The lowest BCUT2D eigenvalue weighted by atomic mass is 9.98. The van der Waals surface area contributed by atoms with Gasteiger partial charge in [0.1, 0.15) is 6.04 Å². The number of Topliss-reactive ketones (excluding diaryl/α,β-unsaturated/α-hetero) is 1. The molecule has 6 nitrogen and oxygen atoms in total. The minimum absolute atomic E-state index is 0.0767. The van der Waals surface area contributed by atoms with Gasteiger partial charge in [-0.05, 0) is 25.0 Å². The second kappa shape index (κ2) is 4.97. The minimum atomic E-state index is -0.266. The van der Waals surface area contributed by atoms with Gasteiger partial charge in [-0.2, -0.15) is 0 Å². The quantitative estimate of drug-likeness (QED) is 0.813. The molecule has 0 radical (unpaired) electrons. The molecular formula is C16H19N3O3. The van der Waals surface area contributed by atoms with Crippen LogP contribution in [0.4, 0.5) is 0 Å². The van der Waals surface area contributed by atoms with E-state index in [1.54, 1.807) is 6.07 Å². The molecule has 6 heteroatoms. The van der Waals surface area contributed by atoms with Crippen molar-refractivity contribution in [3.05, 3.63) is 24.0 Å². The molecule has 0 bridgehead atoms. The van der Waals surface area contributed by atoms with Crippen LogP contribution < -0.4 is 0 Å². The van der Waals surface area contributed by atoms with Crippen molar-refractivity contribution in [3.63, 3.8) is 0 Å². The molecule has 1 aromatic heterocycles. The number of ketones is 1. The van der Waals surface area contributed by atoms with Gasteiger partial charge in [0.05, 0.1) is 11.7 Å². The molecule has 3 aliphatic rings. The number of carbonyl (C=O) groups is 3. The van der Waals surface area contributed by atoms with Crippen molar-refractivity contribution in [2.75, 3.05) is 19.6 Å². The van der Waals surface area contributed by atoms with Gasteiger partial charge in [-0.25, -0.2) is 0 Å². The highest BCUT2D eigenvalue weighted by atomic mass is 16.2. The van der Waals surface area contributed by atoms with Gasteiger partial charge in [0.15, 0.2) is 5.78 Å². The lowest BCUT2D eigenvalue weighted by Crippen LogP contribution is -2.62. The number of fused-ring (bicyclic) bond motifs is 1. The van der Waals surface area contributed by atoms with Crippen LogP contribution in [0.3, 0.4) is 0 Å². The van der Waals surface area contributed by atoms with Crippen molar-refractivity contribution in [2.45, 2.75) is 37.8 Å². The van der Waals surface area contributed by atoms with E-state index in [0.29, 0.717) is 38.0 Å². The van der Waals surface area contributed by atoms with Crippen molar-refractivity contribution >= 4 is 17.6 Å². The fourth-order valence-corrected chi connectivity index (χ4v) is 3.78. The van der Waals surface area contributed by atoms with Crippen LogP contribution in [0.5, 0.6) is 0 Å². The third-order valence-electron chi connectivity index (χ3n) is 5.06. The van der Waals surface area contributed by atoms with E-state index in [1.165, 1.54) is 0 Å². The number of aromatic nitrogens is 1. The Hall–Kier alpha value is -2.11. The molecule has 0 saturated carbocycles. The number of rotatable bonds is 2. The Bertz CT molecular complexity index is 645. The van der Waals surface area contributed by atoms with E-state index in [0.717, 1.165) is 13.0 Å². The summed E-state index contributed by atoms with van der Waals surface area (Å²) in [7, 11) is 0. The summed E-state index contributed by atoms with van der Waals surface area (Å²) in [6, 6.07) is 3.52. The zero-order valence-corrected chi connectivity index (χ0v) is 12.4. The first kappa shape index (κ1) is 13.5. The lowest BCUT2D eigenvalue weighted by molar-refractivity contribution is -0.147. The summed E-state index contributed by atoms with van der Waals surface area (Å²) in [5.74, 6) is 0.402. The predicted molar refractivity (Wildman–Crippen MR) is 78.3 cm³/mol. The van der Waals surface area contributed by atoms with Crippen LogP contribution in [0.15, 0.2) is 18.3 Å². The smallest absolute Gasteiger partial charge is 0.245 e. The molecular weight excluding hydrogens is 282 g/mol. The molecule has 0 spiro atoms. The summed E-state index contributed by atoms with van der Waals surface area (Å²) in [5, 5.41) is 0. The van der Waals surface area contributed by atoms with Crippen LogP contribution in [0.2, 0.25) is 0 Å². The minimum Gasteiger partial charge on any atom is -0.337 e. The van der Waals surface area contributed by atoms with Crippen LogP contribution in [0.1, 0.15) is 42.2 Å². The highest BCUT2D eigenvalue weighted by Crippen LogP contribution is 2.30. The topological polar surface area (TPSA) is 62.6 Å². The number of hydrogen-bond acceptors (Lipinski definition) is 3. The molecule has 2 saturated heterocycles. The van der Waals surface area contributed by atoms with Gasteiger partial charge in [0.25, 0.3) is 0 Å². The first-order chi connectivity index (χ1) is 10.6. The van der Waals surface area contributed by atoms with E-state index < -0.39 is 0 Å². The Labute approximate surface area is 128 Å². The largest absolute Gasteiger partial charge is 0.337 e. The monoisotopic (exact) mass is 301 g/mol. The van der Waals surface area contributed by atoms with Crippen molar-refractivity contribution < 1.29 is 14.4 Å². The maximum Gasteiger partial charge on any atom is 0.245 e. The third kappa shape index (κ3) is 1.97. The molecule has 3 aliphatic heterocycles. The second-order valence-electron chi connectivity index (χ2n) is 6.37. The molecule has 4 heterocycles. The molecule has 1 atom stereocenters. The Balaban J connectivity index is 1.43. The molecule has 0 aromatic carbocycles. The van der Waals surface area contributed by atoms with Gasteiger partial charge < -0.3 is 14.4 Å². The molecule has 116 valence electrons. The number of carbonyl (C=O) groups excluding carboxylic acids is 3. The van der Waals surface area contributed by atoms with Crippen LogP contribution in [-0.2, 0) is 9.59 Å². The maximum absolute atomic E-state index is 12.7. The van der Waals surface area contributed by atoms with Crippen LogP contribution in [0.25, 0.3) is 0 Å². The van der Waals surface area contributed by atoms with Gasteiger partial charge in [0.2, 0.25) is 11.8 Å². The zero-order chi connectivity index (χ0) is 15.3. The molecule has 1 unspecified atom stereocenters. The Morgan fingerprint density at radius 3 is 2.73 bits per heavy atom. The maximum atomic E-state index is 12.7. The van der Waals surface area contributed by atoms with Crippen molar-refractivity contribution in [1.29, 1.82) is 0 Å². The lowest BCUT2D eigenvalue weighted by Gasteiger charge is -2.45. The fraction of sp³-hybridized carbons (Fsp3) is 0.562. The average Bonchev–Trinajstić information content (AvgIpc) is 3.08. The van der Waals surface area contributed by atoms with Crippen LogP contribution in [0, 0.1) is 0 Å². The van der Waals surface area contributed by atoms with E-state index >= 15 is 0 Å². The number of hydrogen-bond donors (Lipinski definition) is 0. The van der Waals surface area contributed by atoms with Gasteiger partial charge >= 0.3 is 0 Å². The van der Waals surface area contributed by atoms with Gasteiger partial charge in [-0.1, -0.05) is 0 Å². The number of nitrogens with zero attached hydrogens (tertiary/aromatic N) is 3. The number of likely N-dealkylation sites (tertiary alicyclic amines) is 2. The fourth-order valence-electron chi connectivity index (χ4n) is 3.78. The van der Waals surface area contributed by atoms with Crippen molar-refractivity contribution in [1.82, 2.24) is 14.4 Å². The average molecular weight is 301 g/mol. The normalized spacial score (nSPS) is 25.4. The summed E-state index contributed by atoms with van der Waals surface area (Å²) in [5.41, 5.74) is 0.636. The van der Waals surface area contributed by atoms with Gasteiger partial charge in [0, 0.05) is 38.7 Å². The van der Waals surface area contributed by atoms with Crippen molar-refractivity contribution in [3.8, 4) is 0 Å². The molecule has 1 aromatic rings.